The molecule has 120 valence electrons. The van der Waals surface area contributed by atoms with E-state index in [0.29, 0.717) is 19.2 Å². The van der Waals surface area contributed by atoms with Gasteiger partial charge in [0, 0.05) is 13.1 Å². The van der Waals surface area contributed by atoms with E-state index >= 15 is 0 Å². The number of amides is 1. The molecule has 4 rings (SSSR count). The fourth-order valence-corrected chi connectivity index (χ4v) is 4.21. The molecule has 3 aliphatic heterocycles. The molecule has 0 spiro atoms. The number of carbonyl (C=O) groups is 1. The number of carbonyl (C=O) groups excluding carboxylic acids is 1. The van der Waals surface area contributed by atoms with E-state index in [0.717, 1.165) is 43.8 Å². The second kappa shape index (κ2) is 6.10. The van der Waals surface area contributed by atoms with Crippen molar-refractivity contribution >= 4 is 22.4 Å². The number of rotatable bonds is 2. The van der Waals surface area contributed by atoms with Crippen molar-refractivity contribution in [1.29, 1.82) is 0 Å². The molecule has 3 atom stereocenters. The fourth-order valence-electron chi connectivity index (χ4n) is 3.57. The molecule has 1 aromatic rings. The van der Waals surface area contributed by atoms with Crippen LogP contribution in [-0.2, 0) is 14.4 Å². The van der Waals surface area contributed by atoms with E-state index in [2.05, 4.69) is 15.1 Å². The summed E-state index contributed by atoms with van der Waals surface area (Å²) >= 11 is 1.56. The Morgan fingerprint density at radius 1 is 1.27 bits per heavy atom. The van der Waals surface area contributed by atoms with Gasteiger partial charge in [-0.2, -0.15) is 0 Å². The van der Waals surface area contributed by atoms with Crippen molar-refractivity contribution in [2.45, 2.75) is 50.4 Å². The Bertz CT molecular complexity index is 520. The topological polar surface area (TPSA) is 67.8 Å². The standard InChI is InChI=1S/C14H20N4O3S/c19-13(18-6-1-2-8-20-18)12-4-3-10-11(21-12)5-7-17(10)14-16-15-9-22-14/h9-12H,1-8H2/t10-,11-,12+/m1/s1. The van der Waals surface area contributed by atoms with Gasteiger partial charge in [0.1, 0.15) is 11.6 Å². The minimum Gasteiger partial charge on any atom is -0.363 e. The molecule has 1 amide bonds. The number of hydrogen-bond acceptors (Lipinski definition) is 7. The van der Waals surface area contributed by atoms with Gasteiger partial charge in [-0.25, -0.2) is 5.06 Å². The smallest absolute Gasteiger partial charge is 0.275 e. The van der Waals surface area contributed by atoms with Crippen LogP contribution >= 0.6 is 11.3 Å². The quantitative estimate of drug-likeness (QED) is 0.815. The van der Waals surface area contributed by atoms with Gasteiger partial charge in [0.15, 0.2) is 0 Å². The van der Waals surface area contributed by atoms with E-state index in [9.17, 15) is 4.79 Å². The van der Waals surface area contributed by atoms with Crippen LogP contribution in [0.5, 0.6) is 0 Å². The van der Waals surface area contributed by atoms with Gasteiger partial charge in [0.2, 0.25) is 5.13 Å². The number of anilines is 1. The molecule has 0 bridgehead atoms. The van der Waals surface area contributed by atoms with E-state index in [1.54, 1.807) is 16.8 Å². The Balaban J connectivity index is 1.39. The van der Waals surface area contributed by atoms with Crippen molar-refractivity contribution < 1.29 is 14.4 Å². The Hall–Kier alpha value is -1.25. The van der Waals surface area contributed by atoms with Gasteiger partial charge in [0.25, 0.3) is 5.91 Å². The van der Waals surface area contributed by atoms with Gasteiger partial charge in [0.05, 0.1) is 18.8 Å². The summed E-state index contributed by atoms with van der Waals surface area (Å²) < 4.78 is 6.10. The monoisotopic (exact) mass is 324 g/mol. The molecule has 0 aromatic carbocycles. The third kappa shape index (κ3) is 2.59. The van der Waals surface area contributed by atoms with Gasteiger partial charge < -0.3 is 9.64 Å². The molecule has 3 aliphatic rings. The van der Waals surface area contributed by atoms with Crippen LogP contribution in [0.15, 0.2) is 5.51 Å². The summed E-state index contributed by atoms with van der Waals surface area (Å²) in [4.78, 5) is 20.2. The molecule has 7 nitrogen and oxygen atoms in total. The third-order valence-electron chi connectivity index (χ3n) is 4.67. The number of aromatic nitrogens is 2. The maximum atomic E-state index is 12.5. The Labute approximate surface area is 133 Å². The Kier molecular flexibility index (Phi) is 3.98. The summed E-state index contributed by atoms with van der Waals surface area (Å²) in [5.41, 5.74) is 1.76. The first-order chi connectivity index (χ1) is 10.8. The predicted octanol–water partition coefficient (Wildman–Crippen LogP) is 1.22. The summed E-state index contributed by atoms with van der Waals surface area (Å²) in [5.74, 6) is -0.00693. The van der Waals surface area contributed by atoms with Crippen LogP contribution in [-0.4, -0.2) is 59.1 Å². The minimum absolute atomic E-state index is 0.00693. The summed E-state index contributed by atoms with van der Waals surface area (Å²) in [6, 6.07) is 0.319. The van der Waals surface area contributed by atoms with E-state index < -0.39 is 0 Å². The second-order valence-corrected chi connectivity index (χ2v) is 6.80. The van der Waals surface area contributed by atoms with Gasteiger partial charge in [-0.3, -0.25) is 9.63 Å². The van der Waals surface area contributed by atoms with Gasteiger partial charge in [-0.15, -0.1) is 10.2 Å². The molecule has 8 heteroatoms. The number of fused-ring (bicyclic) bond motifs is 1. The first-order valence-corrected chi connectivity index (χ1v) is 8.83. The van der Waals surface area contributed by atoms with Crippen LogP contribution in [0.2, 0.25) is 0 Å². The summed E-state index contributed by atoms with van der Waals surface area (Å²) in [6.07, 6.45) is 4.43. The first kappa shape index (κ1) is 14.3. The lowest BCUT2D eigenvalue weighted by Crippen LogP contribution is -2.50. The van der Waals surface area contributed by atoms with Crippen LogP contribution in [0.3, 0.4) is 0 Å². The van der Waals surface area contributed by atoms with Crippen molar-refractivity contribution in [2.24, 2.45) is 0 Å². The van der Waals surface area contributed by atoms with E-state index in [1.165, 1.54) is 5.06 Å². The zero-order valence-electron chi connectivity index (χ0n) is 12.4. The highest BCUT2D eigenvalue weighted by Gasteiger charge is 2.43. The second-order valence-electron chi connectivity index (χ2n) is 5.99. The largest absolute Gasteiger partial charge is 0.363 e. The van der Waals surface area contributed by atoms with E-state index in [1.807, 2.05) is 0 Å². The lowest BCUT2D eigenvalue weighted by molar-refractivity contribution is -0.212. The maximum absolute atomic E-state index is 12.5. The van der Waals surface area contributed by atoms with Crippen LogP contribution < -0.4 is 4.90 Å². The van der Waals surface area contributed by atoms with Crippen molar-refractivity contribution in [3.8, 4) is 0 Å². The van der Waals surface area contributed by atoms with Crippen molar-refractivity contribution in [3.63, 3.8) is 0 Å². The van der Waals surface area contributed by atoms with Gasteiger partial charge >= 0.3 is 0 Å². The number of hydroxylamine groups is 2. The van der Waals surface area contributed by atoms with E-state index in [4.69, 9.17) is 9.57 Å². The highest BCUT2D eigenvalue weighted by molar-refractivity contribution is 7.13. The van der Waals surface area contributed by atoms with Crippen molar-refractivity contribution in [2.75, 3.05) is 24.6 Å². The van der Waals surface area contributed by atoms with E-state index in [-0.39, 0.29) is 18.1 Å². The molecule has 3 saturated heterocycles. The van der Waals surface area contributed by atoms with Crippen molar-refractivity contribution in [3.05, 3.63) is 5.51 Å². The molecule has 0 aliphatic carbocycles. The van der Waals surface area contributed by atoms with Crippen LogP contribution in [0.1, 0.15) is 32.1 Å². The molecule has 3 fully saturated rings. The van der Waals surface area contributed by atoms with Crippen molar-refractivity contribution in [1.82, 2.24) is 15.3 Å². The first-order valence-electron chi connectivity index (χ1n) is 7.95. The lowest BCUT2D eigenvalue weighted by Gasteiger charge is -2.37. The zero-order valence-corrected chi connectivity index (χ0v) is 13.2. The van der Waals surface area contributed by atoms with Gasteiger partial charge in [-0.05, 0) is 32.1 Å². The summed E-state index contributed by atoms with van der Waals surface area (Å²) in [6.45, 7) is 2.24. The molecule has 0 N–H and O–H groups in total. The average Bonchev–Trinajstić information content (AvgIpc) is 3.23. The fraction of sp³-hybridized carbons (Fsp3) is 0.786. The molecule has 0 saturated carbocycles. The Morgan fingerprint density at radius 2 is 2.23 bits per heavy atom. The molecule has 4 heterocycles. The Morgan fingerprint density at radius 3 is 3.00 bits per heavy atom. The highest BCUT2D eigenvalue weighted by Crippen LogP contribution is 2.35. The summed E-state index contributed by atoms with van der Waals surface area (Å²) in [5, 5.41) is 10.5. The third-order valence-corrected chi connectivity index (χ3v) is 5.39. The maximum Gasteiger partial charge on any atom is 0.275 e. The number of nitrogens with zero attached hydrogens (tertiary/aromatic N) is 4. The summed E-state index contributed by atoms with van der Waals surface area (Å²) in [7, 11) is 0. The van der Waals surface area contributed by atoms with Gasteiger partial charge in [-0.1, -0.05) is 11.3 Å². The molecule has 1 aromatic heterocycles. The van der Waals surface area contributed by atoms with Crippen LogP contribution in [0, 0.1) is 0 Å². The normalized spacial score (nSPS) is 32.1. The molecular formula is C14H20N4O3S. The zero-order chi connectivity index (χ0) is 14.9. The highest BCUT2D eigenvalue weighted by atomic mass is 32.1. The molecule has 22 heavy (non-hydrogen) atoms. The predicted molar refractivity (Wildman–Crippen MR) is 80.5 cm³/mol. The van der Waals surface area contributed by atoms with Crippen LogP contribution in [0.25, 0.3) is 0 Å². The average molecular weight is 324 g/mol. The SMILES string of the molecule is O=C([C@@H]1CC[C@@H]2[C@@H](CCN2c2nncs2)O1)N1CCCCO1. The number of hydrogen-bond donors (Lipinski definition) is 0. The lowest BCUT2D eigenvalue weighted by atomic mass is 9.98. The van der Waals surface area contributed by atoms with Crippen LogP contribution in [0.4, 0.5) is 5.13 Å². The molecule has 0 unspecified atom stereocenters. The molecular weight excluding hydrogens is 304 g/mol. The number of ether oxygens (including phenoxy) is 1. The minimum atomic E-state index is -0.353. The molecule has 0 radical (unpaired) electrons.